The quantitative estimate of drug-likeness (QED) is 0.142. The average Bonchev–Trinajstić information content (AvgIpc) is 3.44. The molecule has 5 aromatic rings. The van der Waals surface area contributed by atoms with E-state index >= 15 is 0 Å². The van der Waals surface area contributed by atoms with E-state index in [9.17, 15) is 4.79 Å². The lowest BCUT2D eigenvalue weighted by molar-refractivity contribution is 0.0993. The minimum absolute atomic E-state index is 0.0879. The summed E-state index contributed by atoms with van der Waals surface area (Å²) in [6, 6.07) is 23.8. The minimum atomic E-state index is 0.0879. The number of carbonyl (C=O) groups excluding carboxylic acids is 1. The van der Waals surface area contributed by atoms with E-state index in [0.717, 1.165) is 72.1 Å². The van der Waals surface area contributed by atoms with Crippen LogP contribution in [0.25, 0.3) is 5.65 Å². The Bertz CT molecular complexity index is 1890. The summed E-state index contributed by atoms with van der Waals surface area (Å²) in [5.74, 6) is 6.65. The summed E-state index contributed by atoms with van der Waals surface area (Å²) in [7, 11) is 2.18. The van der Waals surface area contributed by atoms with Gasteiger partial charge in [0.15, 0.2) is 11.4 Å². The molecule has 3 aromatic carbocycles. The van der Waals surface area contributed by atoms with Crippen LogP contribution in [0.15, 0.2) is 85.2 Å². The van der Waals surface area contributed by atoms with Crippen molar-refractivity contribution in [1.29, 1.82) is 0 Å². The number of rotatable bonds is 7. The van der Waals surface area contributed by atoms with Gasteiger partial charge in [0, 0.05) is 56.5 Å². The normalized spacial score (nSPS) is 13.9. The Labute approximate surface area is 259 Å². The number of Topliss-reactive ketones (excluding diaryl/α,β-unsaturated/α-hetero) is 1. The van der Waals surface area contributed by atoms with Gasteiger partial charge in [0.1, 0.15) is 5.69 Å². The number of nitrogens with zero attached hydrogens (tertiary/aromatic N) is 4. The van der Waals surface area contributed by atoms with Gasteiger partial charge in [-0.2, -0.15) is 0 Å². The maximum Gasteiger partial charge on any atom is 0.167 e. The predicted molar refractivity (Wildman–Crippen MR) is 178 cm³/mol. The average molecular weight is 583 g/mol. The summed E-state index contributed by atoms with van der Waals surface area (Å²) in [5.41, 5.74) is 16.1. The van der Waals surface area contributed by atoms with Crippen LogP contribution < -0.4 is 11.1 Å². The Morgan fingerprint density at radius 2 is 1.70 bits per heavy atom. The molecule has 3 heterocycles. The van der Waals surface area contributed by atoms with Crippen LogP contribution in [0, 0.1) is 25.7 Å². The molecule has 7 nitrogen and oxygen atoms in total. The number of nitrogens with two attached hydrogens (primary N) is 1. The molecule has 0 aliphatic carbocycles. The van der Waals surface area contributed by atoms with Gasteiger partial charge in [-0.25, -0.2) is 4.98 Å². The second kappa shape index (κ2) is 12.8. The minimum Gasteiger partial charge on any atom is -0.397 e. The molecule has 0 spiro atoms. The van der Waals surface area contributed by atoms with Gasteiger partial charge in [-0.3, -0.25) is 14.1 Å². The fourth-order valence-electron chi connectivity index (χ4n) is 5.60. The largest absolute Gasteiger partial charge is 0.397 e. The highest BCUT2D eigenvalue weighted by Gasteiger charge is 2.16. The second-order valence-electron chi connectivity index (χ2n) is 11.7. The highest BCUT2D eigenvalue weighted by molar-refractivity contribution is 5.98. The molecule has 1 fully saturated rings. The van der Waals surface area contributed by atoms with Crippen molar-refractivity contribution in [3.8, 4) is 11.8 Å². The molecule has 1 aliphatic rings. The Morgan fingerprint density at radius 1 is 0.909 bits per heavy atom. The van der Waals surface area contributed by atoms with Crippen LogP contribution in [0.4, 0.5) is 17.1 Å². The van der Waals surface area contributed by atoms with Crippen LogP contribution in [0.3, 0.4) is 0 Å². The molecule has 1 saturated heterocycles. The lowest BCUT2D eigenvalue weighted by Crippen LogP contribution is -2.43. The molecule has 3 N–H and O–H groups in total. The number of aromatic nitrogens is 2. The molecule has 44 heavy (non-hydrogen) atoms. The number of anilines is 3. The van der Waals surface area contributed by atoms with Crippen LogP contribution >= 0.6 is 0 Å². The lowest BCUT2D eigenvalue weighted by atomic mass is 9.96. The van der Waals surface area contributed by atoms with Gasteiger partial charge < -0.3 is 16.0 Å². The molecule has 0 saturated carbocycles. The first kappa shape index (κ1) is 29.2. The van der Waals surface area contributed by atoms with E-state index in [1.165, 1.54) is 11.1 Å². The molecule has 6 rings (SSSR count). The van der Waals surface area contributed by atoms with Gasteiger partial charge in [0.2, 0.25) is 0 Å². The topological polar surface area (TPSA) is 78.9 Å². The van der Waals surface area contributed by atoms with E-state index in [-0.39, 0.29) is 5.78 Å². The number of likely N-dealkylation sites (N-methyl/N-ethyl adjacent to an activating group) is 1. The van der Waals surface area contributed by atoms with Crippen molar-refractivity contribution >= 4 is 28.5 Å². The third kappa shape index (κ3) is 6.52. The van der Waals surface area contributed by atoms with Crippen molar-refractivity contribution in [3.63, 3.8) is 0 Å². The summed E-state index contributed by atoms with van der Waals surface area (Å²) < 4.78 is 1.95. The van der Waals surface area contributed by atoms with Crippen molar-refractivity contribution in [2.45, 2.75) is 26.8 Å². The predicted octanol–water partition coefficient (Wildman–Crippen LogP) is 5.85. The Hall–Kier alpha value is -4.90. The second-order valence-corrected chi connectivity index (χ2v) is 11.7. The highest BCUT2D eigenvalue weighted by Crippen LogP contribution is 2.26. The summed E-state index contributed by atoms with van der Waals surface area (Å²) >= 11 is 0. The van der Waals surface area contributed by atoms with Crippen LogP contribution in [0.2, 0.25) is 0 Å². The van der Waals surface area contributed by atoms with Crippen molar-refractivity contribution < 1.29 is 4.79 Å². The van der Waals surface area contributed by atoms with Gasteiger partial charge in [-0.1, -0.05) is 48.4 Å². The van der Waals surface area contributed by atoms with Gasteiger partial charge in [0.05, 0.1) is 23.3 Å². The van der Waals surface area contributed by atoms with Crippen LogP contribution in [0.1, 0.15) is 43.9 Å². The van der Waals surface area contributed by atoms with E-state index in [4.69, 9.17) is 5.73 Å². The smallest absolute Gasteiger partial charge is 0.167 e. The number of fused-ring (bicyclic) bond motifs is 1. The van der Waals surface area contributed by atoms with Crippen LogP contribution in [-0.4, -0.2) is 58.2 Å². The number of piperazine rings is 1. The number of benzene rings is 3. The number of hydrogen-bond acceptors (Lipinski definition) is 6. The van der Waals surface area contributed by atoms with E-state index in [1.807, 2.05) is 72.1 Å². The first-order chi connectivity index (χ1) is 21.3. The summed E-state index contributed by atoms with van der Waals surface area (Å²) in [6.45, 7) is 9.52. The van der Waals surface area contributed by atoms with Crippen molar-refractivity contribution in [1.82, 2.24) is 19.2 Å². The van der Waals surface area contributed by atoms with E-state index in [0.29, 0.717) is 17.7 Å². The first-order valence-electron chi connectivity index (χ1n) is 15.1. The Kier molecular flexibility index (Phi) is 8.47. The number of para-hydroxylation sites is 2. The zero-order chi connectivity index (χ0) is 30.6. The van der Waals surface area contributed by atoms with E-state index < -0.39 is 0 Å². The van der Waals surface area contributed by atoms with Crippen molar-refractivity contribution in [3.05, 3.63) is 124 Å². The first-order valence-corrected chi connectivity index (χ1v) is 15.1. The maximum atomic E-state index is 13.3. The molecule has 0 bridgehead atoms. The molecular weight excluding hydrogens is 544 g/mol. The Morgan fingerprint density at radius 3 is 2.50 bits per heavy atom. The zero-order valence-corrected chi connectivity index (χ0v) is 25.6. The lowest BCUT2D eigenvalue weighted by Gasteiger charge is -2.32. The van der Waals surface area contributed by atoms with E-state index in [1.54, 1.807) is 6.20 Å². The SMILES string of the molecule is Cc1ccc(C(=O)Cc2ccc(CN3CCN(C)CC3)c(C)c2)cc1C#Cc1cnc2c(Nc3ccccc3N)cccn12. The monoisotopic (exact) mass is 582 g/mol. The fraction of sp³-hybridized carbons (Fsp3) is 0.243. The summed E-state index contributed by atoms with van der Waals surface area (Å²) in [4.78, 5) is 22.8. The van der Waals surface area contributed by atoms with Gasteiger partial charge >= 0.3 is 0 Å². The van der Waals surface area contributed by atoms with Crippen LogP contribution in [0.5, 0.6) is 0 Å². The standard InChI is InChI=1S/C37H38N6O/c1-26-10-12-30(36(44)22-28-11-13-31(27(2)21-28)25-42-19-17-41(3)18-20-42)23-29(26)14-15-32-24-39-37-35(9-6-16-43(32)37)40-34-8-5-4-7-33(34)38/h4-13,16,21,23-24,40H,17-20,22,25,38H2,1-3H3. The zero-order valence-electron chi connectivity index (χ0n) is 25.6. The number of hydrogen-bond donors (Lipinski definition) is 2. The van der Waals surface area contributed by atoms with Crippen molar-refractivity contribution in [2.75, 3.05) is 44.3 Å². The summed E-state index contributed by atoms with van der Waals surface area (Å²) in [5, 5.41) is 3.38. The molecule has 0 amide bonds. The third-order valence-corrected chi connectivity index (χ3v) is 8.41. The third-order valence-electron chi connectivity index (χ3n) is 8.41. The van der Waals surface area contributed by atoms with Crippen molar-refractivity contribution in [2.24, 2.45) is 0 Å². The van der Waals surface area contributed by atoms with Crippen LogP contribution in [-0.2, 0) is 13.0 Å². The fourth-order valence-corrected chi connectivity index (χ4v) is 5.60. The number of carbonyl (C=O) groups is 1. The molecule has 0 radical (unpaired) electrons. The molecular formula is C37H38N6O. The highest BCUT2D eigenvalue weighted by atomic mass is 16.1. The molecule has 222 valence electrons. The molecule has 0 unspecified atom stereocenters. The molecule has 1 aliphatic heterocycles. The van der Waals surface area contributed by atoms with Gasteiger partial charge in [0.25, 0.3) is 0 Å². The maximum absolute atomic E-state index is 13.3. The van der Waals surface area contributed by atoms with Gasteiger partial charge in [-0.15, -0.1) is 0 Å². The number of imidazole rings is 1. The molecule has 7 heteroatoms. The number of pyridine rings is 1. The molecule has 0 atom stereocenters. The number of ketones is 1. The van der Waals surface area contributed by atoms with Gasteiger partial charge in [-0.05, 0) is 79.4 Å². The number of aryl methyl sites for hydroxylation is 2. The summed E-state index contributed by atoms with van der Waals surface area (Å²) in [6.07, 6.45) is 4.07. The number of nitrogens with one attached hydrogen (secondary N) is 1. The Balaban J connectivity index is 1.17. The molecule has 2 aromatic heterocycles. The number of nitrogen functional groups attached to an aromatic ring is 1. The van der Waals surface area contributed by atoms with E-state index in [2.05, 4.69) is 64.1 Å².